The molecule has 0 bridgehead atoms. The number of fused-ring (bicyclic) bond motifs is 3. The first-order chi connectivity index (χ1) is 16.8. The van der Waals surface area contributed by atoms with Gasteiger partial charge >= 0.3 is 5.97 Å². The number of carbonyl (C=O) groups is 2. The molecule has 2 heterocycles. The zero-order valence-electron chi connectivity index (χ0n) is 19.7. The largest absolute Gasteiger partial charge is 0.448 e. The van der Waals surface area contributed by atoms with E-state index >= 15 is 0 Å². The normalized spacial score (nSPS) is 13.0. The Hall–Kier alpha value is -3.91. The lowest BCUT2D eigenvalue weighted by Crippen LogP contribution is -2.32. The third-order valence-corrected chi connectivity index (χ3v) is 7.58. The van der Waals surface area contributed by atoms with Crippen LogP contribution in [0, 0.1) is 6.92 Å². The fraction of sp³-hybridized carbons (Fsp3) is 0.222. The fourth-order valence-corrected chi connectivity index (χ4v) is 5.54. The first-order valence-electron chi connectivity index (χ1n) is 11.4. The number of nitrogens with one attached hydrogen (secondary N) is 1. The van der Waals surface area contributed by atoms with Crippen LogP contribution < -0.4 is 10.9 Å². The van der Waals surface area contributed by atoms with Gasteiger partial charge in [-0.3, -0.25) is 14.3 Å². The lowest BCUT2D eigenvalue weighted by atomic mass is 9.91. The maximum Gasteiger partial charge on any atom is 0.349 e. The molecule has 1 aliphatic rings. The second-order valence-corrected chi connectivity index (χ2v) is 9.65. The molecule has 2 aromatic heterocycles. The quantitative estimate of drug-likeness (QED) is 0.421. The van der Waals surface area contributed by atoms with Gasteiger partial charge in [0.05, 0.1) is 11.4 Å². The van der Waals surface area contributed by atoms with Crippen molar-refractivity contribution in [1.29, 1.82) is 0 Å². The van der Waals surface area contributed by atoms with Crippen molar-refractivity contribution >= 4 is 28.9 Å². The van der Waals surface area contributed by atoms with E-state index in [4.69, 9.17) is 4.74 Å². The molecule has 0 radical (unpaired) electrons. The molecule has 8 heteroatoms. The highest BCUT2D eigenvalue weighted by Crippen LogP contribution is 2.39. The summed E-state index contributed by atoms with van der Waals surface area (Å²) in [5.41, 5.74) is 4.63. The average Bonchev–Trinajstić information content (AvgIpc) is 3.40. The predicted octanol–water partition coefficient (Wildman–Crippen LogP) is 4.50. The van der Waals surface area contributed by atoms with Crippen molar-refractivity contribution in [2.75, 3.05) is 5.32 Å². The number of anilines is 1. The summed E-state index contributed by atoms with van der Waals surface area (Å²) >= 11 is 1.39. The minimum absolute atomic E-state index is 0.160. The molecule has 1 unspecified atom stereocenters. The van der Waals surface area contributed by atoms with Crippen LogP contribution in [0.3, 0.4) is 0 Å². The summed E-state index contributed by atoms with van der Waals surface area (Å²) in [4.78, 5) is 40.3. The minimum atomic E-state index is -1.07. The van der Waals surface area contributed by atoms with Gasteiger partial charge in [0.2, 0.25) is 0 Å². The number of aromatic nitrogens is 2. The van der Waals surface area contributed by atoms with Gasteiger partial charge in [-0.15, -0.1) is 11.3 Å². The van der Waals surface area contributed by atoms with Crippen LogP contribution in [0.15, 0.2) is 65.5 Å². The lowest BCUT2D eigenvalue weighted by Gasteiger charge is -2.15. The summed E-state index contributed by atoms with van der Waals surface area (Å²) in [5, 5.41) is 2.66. The highest BCUT2D eigenvalue weighted by Gasteiger charge is 2.26. The maximum absolute atomic E-state index is 13.0. The van der Waals surface area contributed by atoms with Gasteiger partial charge in [0.25, 0.3) is 11.5 Å². The average molecular weight is 488 g/mol. The molecule has 1 amide bonds. The van der Waals surface area contributed by atoms with Crippen molar-refractivity contribution in [2.45, 2.75) is 32.8 Å². The molecule has 35 heavy (non-hydrogen) atoms. The van der Waals surface area contributed by atoms with Gasteiger partial charge in [-0.05, 0) is 61.6 Å². The summed E-state index contributed by atoms with van der Waals surface area (Å²) in [5.74, 6) is -1.10. The van der Waals surface area contributed by atoms with Gasteiger partial charge in [0, 0.05) is 11.9 Å². The van der Waals surface area contributed by atoms with Crippen LogP contribution in [0.4, 0.5) is 5.69 Å². The third kappa shape index (κ3) is 4.10. The van der Waals surface area contributed by atoms with Gasteiger partial charge < -0.3 is 10.1 Å². The zero-order chi connectivity index (χ0) is 24.7. The monoisotopic (exact) mass is 487 g/mol. The van der Waals surface area contributed by atoms with Crippen molar-refractivity contribution in [3.63, 3.8) is 0 Å². The van der Waals surface area contributed by atoms with Gasteiger partial charge in [0.15, 0.2) is 6.10 Å². The Morgan fingerprint density at radius 2 is 1.71 bits per heavy atom. The molecule has 7 nitrogen and oxygen atoms in total. The van der Waals surface area contributed by atoms with E-state index in [9.17, 15) is 14.4 Å². The Labute approximate surface area is 206 Å². The van der Waals surface area contributed by atoms with E-state index < -0.39 is 18.0 Å². The SMILES string of the molecule is Cc1c(NC(=O)C(C)OC(=O)c2cc3c(s2)-c2ccccc2CC3)c(=O)n(-c2ccccc2)n1C. The molecule has 1 N–H and O–H groups in total. The van der Waals surface area contributed by atoms with Gasteiger partial charge in [-0.25, -0.2) is 9.48 Å². The number of amides is 1. The van der Waals surface area contributed by atoms with E-state index in [0.29, 0.717) is 16.3 Å². The summed E-state index contributed by atoms with van der Waals surface area (Å²) in [7, 11) is 1.75. The van der Waals surface area contributed by atoms with Crippen LogP contribution in [-0.4, -0.2) is 27.3 Å². The van der Waals surface area contributed by atoms with Crippen molar-refractivity contribution in [3.8, 4) is 16.1 Å². The third-order valence-electron chi connectivity index (χ3n) is 6.39. The number of ether oxygens (including phenoxy) is 1. The van der Waals surface area contributed by atoms with E-state index in [1.165, 1.54) is 28.5 Å². The molecule has 0 aliphatic heterocycles. The predicted molar refractivity (Wildman–Crippen MR) is 136 cm³/mol. The Balaban J connectivity index is 1.32. The molecule has 4 aromatic rings. The Morgan fingerprint density at radius 1 is 1.03 bits per heavy atom. The van der Waals surface area contributed by atoms with Crippen LogP contribution in [-0.2, 0) is 29.4 Å². The van der Waals surface area contributed by atoms with E-state index in [1.54, 1.807) is 18.7 Å². The standard InChI is InChI=1S/C27H25N3O4S/c1-16-23(26(32)30(29(16)3)20-10-5-4-6-11-20)28-25(31)17(2)34-27(33)22-15-19-14-13-18-9-7-8-12-21(18)24(19)35-22/h4-12,15,17H,13-14H2,1-3H3,(H,28,31). The number of rotatable bonds is 5. The molecule has 0 saturated carbocycles. The molecular weight excluding hydrogens is 462 g/mol. The van der Waals surface area contributed by atoms with Gasteiger partial charge in [0.1, 0.15) is 10.6 Å². The highest BCUT2D eigenvalue weighted by molar-refractivity contribution is 7.17. The van der Waals surface area contributed by atoms with Crippen LogP contribution in [0.25, 0.3) is 16.1 Å². The molecule has 0 saturated heterocycles. The first-order valence-corrected chi connectivity index (χ1v) is 12.2. The Bertz CT molecular complexity index is 1500. The van der Waals surface area contributed by atoms with E-state index in [0.717, 1.165) is 28.8 Å². The number of carbonyl (C=O) groups excluding carboxylic acids is 2. The van der Waals surface area contributed by atoms with E-state index in [1.807, 2.05) is 48.5 Å². The summed E-state index contributed by atoms with van der Waals surface area (Å²) in [6, 6.07) is 19.2. The molecule has 178 valence electrons. The van der Waals surface area contributed by atoms with Crippen LogP contribution in [0.2, 0.25) is 0 Å². The highest BCUT2D eigenvalue weighted by atomic mass is 32.1. The Kier molecular flexibility index (Phi) is 5.90. The first kappa shape index (κ1) is 22.9. The lowest BCUT2D eigenvalue weighted by molar-refractivity contribution is -0.123. The Morgan fingerprint density at radius 3 is 2.49 bits per heavy atom. The smallest absolute Gasteiger partial charge is 0.349 e. The number of hydrogen-bond donors (Lipinski definition) is 1. The molecule has 5 rings (SSSR count). The molecular formula is C27H25N3O4S. The number of para-hydroxylation sites is 1. The van der Waals surface area contributed by atoms with Gasteiger partial charge in [-0.2, -0.15) is 0 Å². The number of aryl methyl sites for hydroxylation is 2. The summed E-state index contributed by atoms with van der Waals surface area (Å²) in [6.07, 6.45) is 0.732. The summed E-state index contributed by atoms with van der Waals surface area (Å²) in [6.45, 7) is 3.26. The van der Waals surface area contributed by atoms with Crippen molar-refractivity contribution in [3.05, 3.63) is 92.7 Å². The number of esters is 1. The number of thiophene rings is 1. The van der Waals surface area contributed by atoms with Gasteiger partial charge in [-0.1, -0.05) is 42.5 Å². The van der Waals surface area contributed by atoms with Crippen molar-refractivity contribution in [1.82, 2.24) is 9.36 Å². The molecule has 0 spiro atoms. The summed E-state index contributed by atoms with van der Waals surface area (Å²) < 4.78 is 8.64. The number of hydrogen-bond acceptors (Lipinski definition) is 5. The second kappa shape index (κ2) is 9.03. The van der Waals surface area contributed by atoms with Crippen LogP contribution in [0.1, 0.15) is 33.4 Å². The maximum atomic E-state index is 13.0. The zero-order valence-corrected chi connectivity index (χ0v) is 20.5. The van der Waals surface area contributed by atoms with E-state index in [-0.39, 0.29) is 11.2 Å². The number of benzene rings is 2. The minimum Gasteiger partial charge on any atom is -0.448 e. The molecule has 0 fully saturated rings. The molecule has 2 aromatic carbocycles. The van der Waals surface area contributed by atoms with Crippen molar-refractivity contribution < 1.29 is 14.3 Å². The van der Waals surface area contributed by atoms with Crippen molar-refractivity contribution in [2.24, 2.45) is 7.05 Å². The number of nitrogens with zero attached hydrogens (tertiary/aromatic N) is 2. The van der Waals surface area contributed by atoms with Crippen LogP contribution >= 0.6 is 11.3 Å². The molecule has 1 aliphatic carbocycles. The fourth-order valence-electron chi connectivity index (χ4n) is 4.38. The second-order valence-electron chi connectivity index (χ2n) is 8.60. The molecule has 1 atom stereocenters. The van der Waals surface area contributed by atoms with Crippen LogP contribution in [0.5, 0.6) is 0 Å². The topological polar surface area (TPSA) is 82.3 Å². The van der Waals surface area contributed by atoms with E-state index in [2.05, 4.69) is 17.4 Å².